The summed E-state index contributed by atoms with van der Waals surface area (Å²) in [4.78, 5) is 2.40. The first-order valence-electron chi connectivity index (χ1n) is 22.2. The van der Waals surface area contributed by atoms with Crippen molar-refractivity contribution in [2.24, 2.45) is 0 Å². The highest BCUT2D eigenvalue weighted by atomic mass is 15.1. The molecule has 300 valence electrons. The van der Waals surface area contributed by atoms with Gasteiger partial charge in [0.15, 0.2) is 0 Å². The average molecular weight is 814 g/mol. The van der Waals surface area contributed by atoms with Crippen molar-refractivity contribution in [3.8, 4) is 44.5 Å². The third-order valence-corrected chi connectivity index (χ3v) is 13.3. The Bertz CT molecular complexity index is 3420. The molecular weight excluding hydrogens is 771 g/mol. The summed E-state index contributed by atoms with van der Waals surface area (Å²) in [6.45, 7) is 0. The van der Waals surface area contributed by atoms with Crippen molar-refractivity contribution in [3.05, 3.63) is 283 Å². The maximum absolute atomic E-state index is 2.40. The van der Waals surface area contributed by atoms with Crippen LogP contribution < -0.4 is 4.90 Å². The Morgan fingerprint density at radius 3 is 1.41 bits per heavy atom. The van der Waals surface area contributed by atoms with Gasteiger partial charge in [0.1, 0.15) is 0 Å². The number of hydrogen-bond acceptors (Lipinski definition) is 1. The second-order valence-electron chi connectivity index (χ2n) is 16.8. The van der Waals surface area contributed by atoms with Crippen LogP contribution in [0.15, 0.2) is 261 Å². The van der Waals surface area contributed by atoms with Crippen molar-refractivity contribution in [2.45, 2.75) is 5.41 Å². The molecule has 0 saturated carbocycles. The summed E-state index contributed by atoms with van der Waals surface area (Å²) in [5.74, 6) is 0. The van der Waals surface area contributed by atoms with Crippen LogP contribution in [0.25, 0.3) is 66.1 Å². The summed E-state index contributed by atoms with van der Waals surface area (Å²) in [6, 6.07) is 95.7. The first-order valence-corrected chi connectivity index (χ1v) is 22.2. The van der Waals surface area contributed by atoms with E-state index in [2.05, 4.69) is 266 Å². The van der Waals surface area contributed by atoms with Gasteiger partial charge in [-0.15, -0.1) is 0 Å². The van der Waals surface area contributed by atoms with Gasteiger partial charge >= 0.3 is 0 Å². The molecule has 0 N–H and O–H groups in total. The fraction of sp³-hybridized carbons (Fsp3) is 0.0159. The molecule has 1 aliphatic rings. The minimum Gasteiger partial charge on any atom is -0.310 e. The van der Waals surface area contributed by atoms with E-state index >= 15 is 0 Å². The molecule has 11 aromatic carbocycles. The van der Waals surface area contributed by atoms with E-state index in [9.17, 15) is 0 Å². The van der Waals surface area contributed by atoms with Crippen molar-refractivity contribution in [1.82, 2.24) is 0 Å². The van der Waals surface area contributed by atoms with Crippen LogP contribution in [0.4, 0.5) is 17.1 Å². The van der Waals surface area contributed by atoms with Gasteiger partial charge in [-0.1, -0.05) is 218 Å². The van der Waals surface area contributed by atoms with Crippen LogP contribution in [-0.4, -0.2) is 0 Å². The lowest BCUT2D eigenvalue weighted by Crippen LogP contribution is -2.28. The first kappa shape index (κ1) is 37.5. The van der Waals surface area contributed by atoms with Crippen LogP contribution in [0, 0.1) is 0 Å². The van der Waals surface area contributed by atoms with Crippen LogP contribution in [0.5, 0.6) is 0 Å². The molecular formula is C63H43N. The number of fused-ring (bicyclic) bond motifs is 5. The molecule has 0 fully saturated rings. The summed E-state index contributed by atoms with van der Waals surface area (Å²) in [6.07, 6.45) is 0. The lowest BCUT2D eigenvalue weighted by Gasteiger charge is -2.34. The molecule has 0 bridgehead atoms. The molecule has 0 atom stereocenters. The number of anilines is 3. The van der Waals surface area contributed by atoms with E-state index in [0.29, 0.717) is 0 Å². The molecule has 0 aliphatic heterocycles. The molecule has 64 heavy (non-hydrogen) atoms. The molecule has 0 aromatic heterocycles. The van der Waals surface area contributed by atoms with Crippen molar-refractivity contribution in [2.75, 3.05) is 4.90 Å². The molecule has 1 nitrogen and oxygen atoms in total. The summed E-state index contributed by atoms with van der Waals surface area (Å²) in [5, 5.41) is 4.89. The second kappa shape index (κ2) is 15.6. The monoisotopic (exact) mass is 813 g/mol. The van der Waals surface area contributed by atoms with E-state index in [1.54, 1.807) is 0 Å². The zero-order valence-corrected chi connectivity index (χ0v) is 35.3. The van der Waals surface area contributed by atoms with Gasteiger partial charge in [0.25, 0.3) is 0 Å². The zero-order valence-electron chi connectivity index (χ0n) is 35.3. The number of benzene rings is 11. The molecule has 11 aromatic rings. The minimum atomic E-state index is -0.444. The fourth-order valence-electron chi connectivity index (χ4n) is 10.4. The van der Waals surface area contributed by atoms with Crippen LogP contribution >= 0.6 is 0 Å². The Hall–Kier alpha value is -8.26. The maximum atomic E-state index is 2.40. The lowest BCUT2D eigenvalue weighted by molar-refractivity contribution is 0.768. The van der Waals surface area contributed by atoms with E-state index in [1.165, 1.54) is 88.3 Å². The quantitative estimate of drug-likeness (QED) is 0.148. The van der Waals surface area contributed by atoms with Gasteiger partial charge in [0.2, 0.25) is 0 Å². The van der Waals surface area contributed by atoms with Crippen molar-refractivity contribution < 1.29 is 0 Å². The predicted octanol–water partition coefficient (Wildman–Crippen LogP) is 16.8. The first-order chi connectivity index (χ1) is 31.7. The Kier molecular flexibility index (Phi) is 9.13. The highest BCUT2D eigenvalue weighted by molar-refractivity contribution is 6.00. The molecule has 12 rings (SSSR count). The van der Waals surface area contributed by atoms with Crippen LogP contribution in [0.3, 0.4) is 0 Å². The van der Waals surface area contributed by atoms with E-state index in [-0.39, 0.29) is 0 Å². The molecule has 0 amide bonds. The summed E-state index contributed by atoms with van der Waals surface area (Å²) in [7, 11) is 0. The highest BCUT2D eigenvalue weighted by Crippen LogP contribution is 2.58. The van der Waals surface area contributed by atoms with Crippen molar-refractivity contribution in [3.63, 3.8) is 0 Å². The molecule has 1 heteroatoms. The molecule has 0 radical (unpaired) electrons. The smallest absolute Gasteiger partial charge is 0.0713 e. The Labute approximate surface area is 374 Å². The fourth-order valence-corrected chi connectivity index (χ4v) is 10.4. The van der Waals surface area contributed by atoms with E-state index < -0.39 is 5.41 Å². The SMILES string of the molecule is c1ccc(-c2ccc3cc(-c4ccc(N(c5ccc(-c6cccc7c6-c6ccccc6C7(c6ccccc6)c6ccccc6)cc5)c5cccc6ccccc56)cc4)ccc3c2)cc1. The third-order valence-electron chi connectivity index (χ3n) is 13.3. The lowest BCUT2D eigenvalue weighted by atomic mass is 9.67. The average Bonchev–Trinajstić information content (AvgIpc) is 3.69. The number of rotatable bonds is 8. The van der Waals surface area contributed by atoms with Gasteiger partial charge in [-0.25, -0.2) is 0 Å². The van der Waals surface area contributed by atoms with Crippen LogP contribution in [0.1, 0.15) is 22.3 Å². The summed E-state index contributed by atoms with van der Waals surface area (Å²) < 4.78 is 0. The zero-order chi connectivity index (χ0) is 42.5. The van der Waals surface area contributed by atoms with Crippen LogP contribution in [0.2, 0.25) is 0 Å². The Morgan fingerprint density at radius 2 is 0.750 bits per heavy atom. The molecule has 0 saturated heterocycles. The third kappa shape index (κ3) is 6.16. The number of nitrogens with zero attached hydrogens (tertiary/aromatic N) is 1. The largest absolute Gasteiger partial charge is 0.310 e. The predicted molar refractivity (Wildman–Crippen MR) is 270 cm³/mol. The molecule has 0 unspecified atom stereocenters. The van der Waals surface area contributed by atoms with Gasteiger partial charge in [-0.2, -0.15) is 0 Å². The molecule has 1 aliphatic carbocycles. The van der Waals surface area contributed by atoms with E-state index in [0.717, 1.165) is 17.1 Å². The van der Waals surface area contributed by atoms with Gasteiger partial charge in [-0.3, -0.25) is 0 Å². The Morgan fingerprint density at radius 1 is 0.281 bits per heavy atom. The van der Waals surface area contributed by atoms with Crippen molar-refractivity contribution in [1.29, 1.82) is 0 Å². The Balaban J connectivity index is 0.950. The minimum absolute atomic E-state index is 0.444. The number of hydrogen-bond donors (Lipinski definition) is 0. The second-order valence-corrected chi connectivity index (χ2v) is 16.8. The van der Waals surface area contributed by atoms with Gasteiger partial charge in [0.05, 0.1) is 11.1 Å². The van der Waals surface area contributed by atoms with Gasteiger partial charge in [-0.05, 0) is 125 Å². The van der Waals surface area contributed by atoms with E-state index in [4.69, 9.17) is 0 Å². The summed E-state index contributed by atoms with van der Waals surface area (Å²) in [5.41, 5.74) is 17.9. The standard InChI is InChI=1S/C63H43N/c1-4-16-44(17-5-1)48-30-32-51-43-49(31-33-50(51)42-48)45-34-38-54(39-35-45)64(61-29-14-19-46-18-10-11-24-56(46)61)55-40-36-47(37-41-55)57-26-15-28-60-62(57)58-25-12-13-27-59(58)63(60,52-20-6-2-7-21-52)53-22-8-3-9-23-53/h1-43H. The normalized spacial score (nSPS) is 12.5. The molecule has 0 spiro atoms. The van der Waals surface area contributed by atoms with E-state index in [1.807, 2.05) is 0 Å². The van der Waals surface area contributed by atoms with Crippen molar-refractivity contribution >= 4 is 38.6 Å². The topological polar surface area (TPSA) is 3.24 Å². The molecule has 0 heterocycles. The maximum Gasteiger partial charge on any atom is 0.0713 e. The summed E-state index contributed by atoms with van der Waals surface area (Å²) >= 11 is 0. The van der Waals surface area contributed by atoms with Gasteiger partial charge in [0, 0.05) is 16.8 Å². The van der Waals surface area contributed by atoms with Gasteiger partial charge < -0.3 is 4.90 Å². The van der Waals surface area contributed by atoms with Crippen LogP contribution in [-0.2, 0) is 5.41 Å². The highest BCUT2D eigenvalue weighted by Gasteiger charge is 2.46.